The molecule has 0 bridgehead atoms. The van der Waals surface area contributed by atoms with Crippen molar-refractivity contribution in [3.8, 4) is 11.3 Å². The molecule has 1 amide bonds. The highest BCUT2D eigenvalue weighted by Crippen LogP contribution is 2.30. The van der Waals surface area contributed by atoms with E-state index in [-0.39, 0.29) is 11.8 Å². The summed E-state index contributed by atoms with van der Waals surface area (Å²) in [4.78, 5) is 35.2. The molecule has 4 rings (SSSR count). The zero-order valence-electron chi connectivity index (χ0n) is 20.5. The number of nitrogens with zero attached hydrogens (tertiary/aromatic N) is 3. The number of unbranched alkanes of at least 4 members (excludes halogenated alkanes) is 2. The third kappa shape index (κ3) is 5.50. The lowest BCUT2D eigenvalue weighted by Crippen LogP contribution is -2.44. The lowest BCUT2D eigenvalue weighted by atomic mass is 10.0. The summed E-state index contributed by atoms with van der Waals surface area (Å²) in [5.74, 6) is -0.792. The summed E-state index contributed by atoms with van der Waals surface area (Å²) in [6, 6.07) is 13.1. The first-order valence-electron chi connectivity index (χ1n) is 12.2. The normalized spacial score (nSPS) is 13.7. The Morgan fingerprint density at radius 1 is 1.09 bits per heavy atom. The van der Waals surface area contributed by atoms with Crippen LogP contribution >= 0.6 is 0 Å². The maximum Gasteiger partial charge on any atom is 0.326 e. The molecule has 35 heavy (non-hydrogen) atoms. The van der Waals surface area contributed by atoms with Gasteiger partial charge in [-0.2, -0.15) is 0 Å². The van der Waals surface area contributed by atoms with Crippen molar-refractivity contribution in [2.75, 3.05) is 5.32 Å². The summed E-state index contributed by atoms with van der Waals surface area (Å²) >= 11 is 0. The molecule has 7 heteroatoms. The molecule has 1 aliphatic rings. The number of hydrogen-bond donors (Lipinski definition) is 2. The zero-order valence-corrected chi connectivity index (χ0v) is 20.5. The van der Waals surface area contributed by atoms with Crippen LogP contribution in [0, 0.1) is 5.92 Å². The quantitative estimate of drug-likeness (QED) is 0.368. The Labute approximate surface area is 206 Å². The van der Waals surface area contributed by atoms with E-state index in [1.807, 2.05) is 26.0 Å². The number of aliphatic carboxylic acids is 1. The standard InChI is InChI=1S/C28H32N4O3/c1-4-5-6-7-19-8-12-22(13-9-19)31-25-16-29-24(15-30-25)20-10-11-21-17-32(27(33)23(21)14-20)26(18(2)3)28(34)35/h8-16,18,26H,4-7,17H2,1-3H3,(H,30,31)(H,34,35). The molecule has 2 heterocycles. The molecule has 0 aliphatic carbocycles. The van der Waals surface area contributed by atoms with Gasteiger partial charge in [0.2, 0.25) is 0 Å². The molecule has 1 atom stereocenters. The van der Waals surface area contributed by atoms with Crippen LogP contribution in [0.15, 0.2) is 54.9 Å². The highest BCUT2D eigenvalue weighted by Gasteiger charge is 2.38. The molecule has 0 spiro atoms. The summed E-state index contributed by atoms with van der Waals surface area (Å²) in [5.41, 5.74) is 5.05. The van der Waals surface area contributed by atoms with Gasteiger partial charge in [-0.15, -0.1) is 0 Å². The summed E-state index contributed by atoms with van der Waals surface area (Å²) in [6.07, 6.45) is 8.12. The Morgan fingerprint density at radius 2 is 1.86 bits per heavy atom. The van der Waals surface area contributed by atoms with Crippen molar-refractivity contribution in [2.24, 2.45) is 5.92 Å². The van der Waals surface area contributed by atoms with Gasteiger partial charge in [0.25, 0.3) is 5.91 Å². The topological polar surface area (TPSA) is 95.4 Å². The highest BCUT2D eigenvalue weighted by molar-refractivity contribution is 6.01. The number of anilines is 2. The Hall–Kier alpha value is -3.74. The first kappa shape index (κ1) is 24.4. The van der Waals surface area contributed by atoms with Crippen LogP contribution in [0.4, 0.5) is 11.5 Å². The van der Waals surface area contributed by atoms with Crippen molar-refractivity contribution >= 4 is 23.4 Å². The molecule has 2 N–H and O–H groups in total. The number of aryl methyl sites for hydroxylation is 1. The van der Waals surface area contributed by atoms with Gasteiger partial charge in [-0.1, -0.05) is 57.9 Å². The van der Waals surface area contributed by atoms with Crippen LogP contribution in [-0.4, -0.2) is 37.9 Å². The number of carbonyl (C=O) groups excluding carboxylic acids is 1. The van der Waals surface area contributed by atoms with E-state index in [0.717, 1.165) is 23.2 Å². The number of amides is 1. The predicted octanol–water partition coefficient (Wildman–Crippen LogP) is 5.68. The van der Waals surface area contributed by atoms with E-state index in [1.54, 1.807) is 18.5 Å². The van der Waals surface area contributed by atoms with Gasteiger partial charge < -0.3 is 15.3 Å². The molecule has 0 saturated carbocycles. The molecule has 1 aliphatic heterocycles. The largest absolute Gasteiger partial charge is 0.480 e. The summed E-state index contributed by atoms with van der Waals surface area (Å²) < 4.78 is 0. The van der Waals surface area contributed by atoms with Crippen LogP contribution in [0.1, 0.15) is 61.5 Å². The third-order valence-electron chi connectivity index (χ3n) is 6.41. The van der Waals surface area contributed by atoms with Gasteiger partial charge in [0.05, 0.1) is 18.1 Å². The van der Waals surface area contributed by atoms with Crippen LogP contribution in [0.3, 0.4) is 0 Å². The second-order valence-electron chi connectivity index (χ2n) is 9.40. The maximum absolute atomic E-state index is 13.0. The lowest BCUT2D eigenvalue weighted by Gasteiger charge is -2.27. The average molecular weight is 473 g/mol. The van der Waals surface area contributed by atoms with Crippen LogP contribution in [0.5, 0.6) is 0 Å². The molecule has 1 aromatic heterocycles. The summed E-state index contributed by atoms with van der Waals surface area (Å²) in [6.45, 7) is 6.14. The molecular weight excluding hydrogens is 440 g/mol. The van der Waals surface area contributed by atoms with Crippen LogP contribution in [0.2, 0.25) is 0 Å². The third-order valence-corrected chi connectivity index (χ3v) is 6.41. The first-order chi connectivity index (χ1) is 16.9. The van der Waals surface area contributed by atoms with Crippen molar-refractivity contribution in [1.82, 2.24) is 14.9 Å². The second-order valence-corrected chi connectivity index (χ2v) is 9.40. The Bertz CT molecular complexity index is 1190. The van der Waals surface area contributed by atoms with Gasteiger partial charge in [-0.25, -0.2) is 9.78 Å². The Balaban J connectivity index is 1.45. The number of benzene rings is 2. The molecule has 0 saturated heterocycles. The van der Waals surface area contributed by atoms with Gasteiger partial charge in [-0.05, 0) is 48.1 Å². The number of hydrogen-bond acceptors (Lipinski definition) is 5. The van der Waals surface area contributed by atoms with Crippen molar-refractivity contribution in [1.29, 1.82) is 0 Å². The summed E-state index contributed by atoms with van der Waals surface area (Å²) in [5, 5.41) is 12.9. The van der Waals surface area contributed by atoms with E-state index in [2.05, 4.69) is 46.5 Å². The van der Waals surface area contributed by atoms with Crippen LogP contribution in [-0.2, 0) is 17.8 Å². The maximum atomic E-state index is 13.0. The molecule has 2 aromatic carbocycles. The monoisotopic (exact) mass is 472 g/mol. The van der Waals surface area contributed by atoms with Gasteiger partial charge >= 0.3 is 5.97 Å². The molecule has 182 valence electrons. The van der Waals surface area contributed by atoms with Gasteiger partial charge in [0, 0.05) is 23.4 Å². The van der Waals surface area contributed by atoms with Gasteiger partial charge in [0.15, 0.2) is 0 Å². The average Bonchev–Trinajstić information content (AvgIpc) is 3.15. The van der Waals surface area contributed by atoms with Crippen LogP contribution in [0.25, 0.3) is 11.3 Å². The number of aromatic nitrogens is 2. The SMILES string of the molecule is CCCCCc1ccc(Nc2cnc(-c3ccc4c(c3)C(=O)N(C(C(=O)O)C(C)C)C4)cn2)cc1. The minimum Gasteiger partial charge on any atom is -0.480 e. The van der Waals surface area contributed by atoms with Crippen molar-refractivity contribution in [2.45, 2.75) is 59.0 Å². The number of carboxylic acids is 1. The number of rotatable bonds is 10. The molecular formula is C28H32N4O3. The molecule has 7 nitrogen and oxygen atoms in total. The Morgan fingerprint density at radius 3 is 2.49 bits per heavy atom. The number of nitrogens with one attached hydrogen (secondary N) is 1. The van der Waals surface area contributed by atoms with E-state index in [0.29, 0.717) is 23.6 Å². The van der Waals surface area contributed by atoms with E-state index in [9.17, 15) is 14.7 Å². The molecule has 0 radical (unpaired) electrons. The van der Waals surface area contributed by atoms with E-state index in [1.165, 1.54) is 29.7 Å². The fourth-order valence-corrected chi connectivity index (χ4v) is 4.51. The molecule has 1 unspecified atom stereocenters. The minimum atomic E-state index is -0.985. The smallest absolute Gasteiger partial charge is 0.326 e. The van der Waals surface area contributed by atoms with Crippen molar-refractivity contribution in [3.05, 3.63) is 71.5 Å². The van der Waals surface area contributed by atoms with Crippen LogP contribution < -0.4 is 5.32 Å². The molecule has 3 aromatic rings. The highest BCUT2D eigenvalue weighted by atomic mass is 16.4. The molecule has 0 fully saturated rings. The number of fused-ring (bicyclic) bond motifs is 1. The minimum absolute atomic E-state index is 0.187. The fraction of sp³-hybridized carbons (Fsp3) is 0.357. The number of carboxylic acid groups (broad SMARTS) is 1. The van der Waals surface area contributed by atoms with E-state index in [4.69, 9.17) is 0 Å². The first-order valence-corrected chi connectivity index (χ1v) is 12.2. The van der Waals surface area contributed by atoms with Crippen molar-refractivity contribution < 1.29 is 14.7 Å². The zero-order chi connectivity index (χ0) is 24.9. The van der Waals surface area contributed by atoms with E-state index >= 15 is 0 Å². The predicted molar refractivity (Wildman–Crippen MR) is 137 cm³/mol. The number of carbonyl (C=O) groups is 2. The van der Waals surface area contributed by atoms with Crippen molar-refractivity contribution in [3.63, 3.8) is 0 Å². The van der Waals surface area contributed by atoms with Gasteiger partial charge in [-0.3, -0.25) is 9.78 Å². The summed E-state index contributed by atoms with van der Waals surface area (Å²) in [7, 11) is 0. The van der Waals surface area contributed by atoms with E-state index < -0.39 is 12.0 Å². The van der Waals surface area contributed by atoms with Gasteiger partial charge in [0.1, 0.15) is 11.9 Å². The Kier molecular flexibility index (Phi) is 7.44. The second kappa shape index (κ2) is 10.7. The fourth-order valence-electron chi connectivity index (χ4n) is 4.51. The lowest BCUT2D eigenvalue weighted by molar-refractivity contribution is -0.144.